The van der Waals surface area contributed by atoms with Crippen molar-refractivity contribution in [1.29, 1.82) is 0 Å². The average Bonchev–Trinajstić information content (AvgIpc) is 3.13. The van der Waals surface area contributed by atoms with E-state index in [0.717, 1.165) is 37.7 Å². The summed E-state index contributed by atoms with van der Waals surface area (Å²) in [4.78, 5) is 21.0. The van der Waals surface area contributed by atoms with Crippen molar-refractivity contribution in [1.82, 2.24) is 29.7 Å². The van der Waals surface area contributed by atoms with Crippen LogP contribution in [-0.2, 0) is 11.8 Å². The Morgan fingerprint density at radius 2 is 2.04 bits per heavy atom. The van der Waals surface area contributed by atoms with Gasteiger partial charge < -0.3 is 9.84 Å². The summed E-state index contributed by atoms with van der Waals surface area (Å²) in [6, 6.07) is 1.96. The molecule has 2 aromatic rings. The standard InChI is InChI=1S/C16H25N7O2/c1-11-9-14(21(4)19-11)18-15(24)10-22-5-7-23(8-6-22)12(2)16-17-13(3)20-25-16/h9,12H,5-8,10H2,1-4H3,(H,18,24). The first-order chi connectivity index (χ1) is 11.9. The summed E-state index contributed by atoms with van der Waals surface area (Å²) in [5.74, 6) is 2.01. The number of amides is 1. The van der Waals surface area contributed by atoms with Crippen LogP contribution in [0.4, 0.5) is 5.82 Å². The Labute approximate surface area is 147 Å². The fraction of sp³-hybridized carbons (Fsp3) is 0.625. The minimum atomic E-state index is -0.0166. The first-order valence-electron chi connectivity index (χ1n) is 8.49. The second-order valence-corrected chi connectivity index (χ2v) is 6.51. The molecular weight excluding hydrogens is 322 g/mol. The van der Waals surface area contributed by atoms with Gasteiger partial charge in [0, 0.05) is 39.3 Å². The number of carbonyl (C=O) groups excluding carboxylic acids is 1. The van der Waals surface area contributed by atoms with Gasteiger partial charge in [0.25, 0.3) is 0 Å². The van der Waals surface area contributed by atoms with Gasteiger partial charge in [0.05, 0.1) is 18.3 Å². The van der Waals surface area contributed by atoms with E-state index in [0.29, 0.717) is 18.3 Å². The van der Waals surface area contributed by atoms with Gasteiger partial charge in [-0.3, -0.25) is 19.3 Å². The number of hydrogen-bond donors (Lipinski definition) is 1. The minimum Gasteiger partial charge on any atom is -0.338 e. The maximum atomic E-state index is 12.2. The number of aryl methyl sites for hydroxylation is 3. The summed E-state index contributed by atoms with van der Waals surface area (Å²) < 4.78 is 6.94. The van der Waals surface area contributed by atoms with E-state index >= 15 is 0 Å². The molecule has 1 saturated heterocycles. The van der Waals surface area contributed by atoms with Crippen molar-refractivity contribution in [2.24, 2.45) is 7.05 Å². The largest absolute Gasteiger partial charge is 0.338 e. The average molecular weight is 347 g/mol. The van der Waals surface area contributed by atoms with Gasteiger partial charge in [-0.25, -0.2) is 0 Å². The van der Waals surface area contributed by atoms with Gasteiger partial charge in [0.15, 0.2) is 5.82 Å². The fourth-order valence-corrected chi connectivity index (χ4v) is 3.06. The normalized spacial score (nSPS) is 17.6. The molecule has 9 heteroatoms. The maximum absolute atomic E-state index is 12.2. The second kappa shape index (κ2) is 7.32. The Morgan fingerprint density at radius 3 is 2.60 bits per heavy atom. The van der Waals surface area contributed by atoms with Gasteiger partial charge >= 0.3 is 0 Å². The minimum absolute atomic E-state index is 0.0166. The zero-order chi connectivity index (χ0) is 18.0. The highest BCUT2D eigenvalue weighted by Gasteiger charge is 2.26. The summed E-state index contributed by atoms with van der Waals surface area (Å²) in [6.45, 7) is 9.55. The summed E-state index contributed by atoms with van der Waals surface area (Å²) >= 11 is 0. The highest BCUT2D eigenvalue weighted by atomic mass is 16.5. The lowest BCUT2D eigenvalue weighted by molar-refractivity contribution is -0.117. The molecule has 0 aliphatic carbocycles. The lowest BCUT2D eigenvalue weighted by Gasteiger charge is -2.36. The second-order valence-electron chi connectivity index (χ2n) is 6.51. The Bertz CT molecular complexity index is 731. The molecule has 3 heterocycles. The molecule has 1 fully saturated rings. The Morgan fingerprint density at radius 1 is 1.32 bits per heavy atom. The number of piperazine rings is 1. The van der Waals surface area contributed by atoms with E-state index in [1.165, 1.54) is 0 Å². The molecule has 9 nitrogen and oxygen atoms in total. The molecule has 1 aliphatic heterocycles. The fourth-order valence-electron chi connectivity index (χ4n) is 3.06. The van der Waals surface area contributed by atoms with Crippen molar-refractivity contribution < 1.29 is 9.32 Å². The van der Waals surface area contributed by atoms with Gasteiger partial charge in [0.2, 0.25) is 11.8 Å². The van der Waals surface area contributed by atoms with Crippen molar-refractivity contribution in [3.05, 3.63) is 23.5 Å². The van der Waals surface area contributed by atoms with E-state index in [2.05, 4.69) is 37.3 Å². The molecule has 0 aromatic carbocycles. The Hall–Kier alpha value is -2.26. The van der Waals surface area contributed by atoms with Crippen LogP contribution in [0.3, 0.4) is 0 Å². The van der Waals surface area contributed by atoms with Crippen LogP contribution in [0.2, 0.25) is 0 Å². The van der Waals surface area contributed by atoms with Crippen LogP contribution in [0.5, 0.6) is 0 Å². The van der Waals surface area contributed by atoms with E-state index in [4.69, 9.17) is 4.52 Å². The molecule has 1 N–H and O–H groups in total. The smallest absolute Gasteiger partial charge is 0.243 e. The molecular formula is C16H25N7O2. The molecule has 0 radical (unpaired) electrons. The van der Waals surface area contributed by atoms with Crippen LogP contribution in [-0.4, -0.2) is 68.4 Å². The number of nitrogens with zero attached hydrogens (tertiary/aromatic N) is 6. The number of rotatable bonds is 5. The third-order valence-electron chi connectivity index (χ3n) is 4.49. The summed E-state index contributed by atoms with van der Waals surface area (Å²) in [7, 11) is 1.82. The monoisotopic (exact) mass is 347 g/mol. The van der Waals surface area contributed by atoms with E-state index < -0.39 is 0 Å². The lowest BCUT2D eigenvalue weighted by atomic mass is 10.2. The van der Waals surface area contributed by atoms with Crippen LogP contribution < -0.4 is 5.32 Å². The van der Waals surface area contributed by atoms with Crippen LogP contribution in [0.1, 0.15) is 30.4 Å². The Balaban J connectivity index is 1.47. The molecule has 2 aromatic heterocycles. The first kappa shape index (κ1) is 17.6. The topological polar surface area (TPSA) is 92.3 Å². The van der Waals surface area contributed by atoms with Gasteiger partial charge in [-0.05, 0) is 20.8 Å². The molecule has 136 valence electrons. The zero-order valence-corrected chi connectivity index (χ0v) is 15.2. The number of carbonyl (C=O) groups is 1. The van der Waals surface area contributed by atoms with E-state index in [9.17, 15) is 4.79 Å². The van der Waals surface area contributed by atoms with Crippen LogP contribution in [0.15, 0.2) is 10.6 Å². The molecule has 1 atom stereocenters. The molecule has 1 unspecified atom stereocenters. The van der Waals surface area contributed by atoms with Gasteiger partial charge in [-0.1, -0.05) is 5.16 Å². The number of hydrogen-bond acceptors (Lipinski definition) is 7. The first-order valence-corrected chi connectivity index (χ1v) is 8.49. The number of nitrogens with one attached hydrogen (secondary N) is 1. The van der Waals surface area contributed by atoms with Gasteiger partial charge in [0.1, 0.15) is 5.82 Å². The zero-order valence-electron chi connectivity index (χ0n) is 15.2. The molecule has 25 heavy (non-hydrogen) atoms. The highest BCUT2D eigenvalue weighted by Crippen LogP contribution is 2.20. The SMILES string of the molecule is Cc1cc(NC(=O)CN2CCN(C(C)c3nc(C)no3)CC2)n(C)n1. The van der Waals surface area contributed by atoms with Crippen molar-refractivity contribution in [3.63, 3.8) is 0 Å². The number of aromatic nitrogens is 4. The van der Waals surface area contributed by atoms with Crippen molar-refractivity contribution in [2.75, 3.05) is 38.0 Å². The van der Waals surface area contributed by atoms with Crippen molar-refractivity contribution >= 4 is 11.7 Å². The van der Waals surface area contributed by atoms with Crippen molar-refractivity contribution in [3.8, 4) is 0 Å². The van der Waals surface area contributed by atoms with Crippen molar-refractivity contribution in [2.45, 2.75) is 26.8 Å². The van der Waals surface area contributed by atoms with Gasteiger partial charge in [-0.15, -0.1) is 0 Å². The third kappa shape index (κ3) is 4.23. The quantitative estimate of drug-likeness (QED) is 0.852. The summed E-state index contributed by atoms with van der Waals surface area (Å²) in [6.07, 6.45) is 0. The van der Waals surface area contributed by atoms with E-state index in [1.807, 2.05) is 27.0 Å². The predicted molar refractivity (Wildman–Crippen MR) is 92.0 cm³/mol. The van der Waals surface area contributed by atoms with Gasteiger partial charge in [-0.2, -0.15) is 10.1 Å². The van der Waals surface area contributed by atoms with Crippen LogP contribution in [0, 0.1) is 13.8 Å². The maximum Gasteiger partial charge on any atom is 0.243 e. The number of anilines is 1. The lowest BCUT2D eigenvalue weighted by Crippen LogP contribution is -2.49. The molecule has 0 spiro atoms. The molecule has 0 saturated carbocycles. The molecule has 3 rings (SSSR count). The molecule has 1 aliphatic rings. The molecule has 0 bridgehead atoms. The van der Waals surface area contributed by atoms with E-state index in [-0.39, 0.29) is 11.9 Å². The predicted octanol–water partition coefficient (Wildman–Crippen LogP) is 0.737. The highest BCUT2D eigenvalue weighted by molar-refractivity contribution is 5.91. The van der Waals surface area contributed by atoms with Crippen LogP contribution >= 0.6 is 0 Å². The van der Waals surface area contributed by atoms with Crippen LogP contribution in [0.25, 0.3) is 0 Å². The van der Waals surface area contributed by atoms with E-state index in [1.54, 1.807) is 4.68 Å². The Kier molecular flexibility index (Phi) is 5.14. The summed E-state index contributed by atoms with van der Waals surface area (Å²) in [5, 5.41) is 11.0. The molecule has 1 amide bonds. The summed E-state index contributed by atoms with van der Waals surface area (Å²) in [5.41, 5.74) is 0.886. The third-order valence-corrected chi connectivity index (χ3v) is 4.49.